The molecule has 5 atom stereocenters. The van der Waals surface area contributed by atoms with Crippen molar-refractivity contribution in [3.05, 3.63) is 0 Å². The van der Waals surface area contributed by atoms with E-state index in [1.54, 1.807) is 0 Å². The zero-order valence-corrected chi connectivity index (χ0v) is 12.4. The molecule has 2 N–H and O–H groups in total. The maximum atomic E-state index is 6.27. The lowest BCUT2D eigenvalue weighted by Gasteiger charge is -2.48. The van der Waals surface area contributed by atoms with Gasteiger partial charge in [-0.1, -0.05) is 20.8 Å². The summed E-state index contributed by atoms with van der Waals surface area (Å²) in [6.45, 7) is 10.0. The third-order valence-corrected chi connectivity index (χ3v) is 6.69. The van der Waals surface area contributed by atoms with Gasteiger partial charge in [0.25, 0.3) is 0 Å². The Balaban J connectivity index is 1.65. The van der Waals surface area contributed by atoms with Crippen molar-refractivity contribution in [2.45, 2.75) is 65.0 Å². The van der Waals surface area contributed by atoms with Crippen LogP contribution in [0.5, 0.6) is 0 Å². The molecule has 3 rings (SSSR count). The number of piperidine rings is 1. The van der Waals surface area contributed by atoms with Crippen molar-refractivity contribution < 1.29 is 0 Å². The quantitative estimate of drug-likeness (QED) is 0.816. The number of fused-ring (bicyclic) bond motifs is 2. The van der Waals surface area contributed by atoms with Gasteiger partial charge in [0.2, 0.25) is 0 Å². The molecule has 2 saturated carbocycles. The van der Waals surface area contributed by atoms with Crippen molar-refractivity contribution in [1.82, 2.24) is 4.90 Å². The van der Waals surface area contributed by atoms with Crippen LogP contribution in [0.4, 0.5) is 0 Å². The van der Waals surface area contributed by atoms with Gasteiger partial charge in [-0.3, -0.25) is 4.90 Å². The molecule has 0 aromatic rings. The first-order valence-electron chi connectivity index (χ1n) is 7.98. The molecule has 1 saturated heterocycles. The SMILES string of the molecule is CC1C(N)CCC(CN2CC3CCC2C3)C1(C)C. The summed E-state index contributed by atoms with van der Waals surface area (Å²) < 4.78 is 0. The van der Waals surface area contributed by atoms with E-state index in [0.717, 1.165) is 17.9 Å². The second-order valence-electron chi connectivity index (χ2n) is 7.83. The van der Waals surface area contributed by atoms with Crippen LogP contribution in [0.15, 0.2) is 0 Å². The second kappa shape index (κ2) is 4.49. The van der Waals surface area contributed by atoms with E-state index in [0.29, 0.717) is 17.4 Å². The van der Waals surface area contributed by atoms with Gasteiger partial charge in [-0.05, 0) is 55.3 Å². The molecule has 5 unspecified atom stereocenters. The Bertz CT molecular complexity index is 312. The summed E-state index contributed by atoms with van der Waals surface area (Å²) in [6, 6.07) is 1.35. The van der Waals surface area contributed by atoms with E-state index in [1.165, 1.54) is 45.2 Å². The third kappa shape index (κ3) is 2.02. The number of hydrogen-bond acceptors (Lipinski definition) is 2. The number of nitrogens with two attached hydrogens (primary N) is 1. The van der Waals surface area contributed by atoms with Gasteiger partial charge in [-0.15, -0.1) is 0 Å². The summed E-state index contributed by atoms with van der Waals surface area (Å²) in [6.07, 6.45) is 7.02. The van der Waals surface area contributed by atoms with Crippen molar-refractivity contribution >= 4 is 0 Å². The normalized spacial score (nSPS) is 47.7. The molecule has 2 nitrogen and oxygen atoms in total. The third-order valence-electron chi connectivity index (χ3n) is 6.69. The van der Waals surface area contributed by atoms with Crippen molar-refractivity contribution in [2.75, 3.05) is 13.1 Å². The van der Waals surface area contributed by atoms with E-state index in [9.17, 15) is 0 Å². The van der Waals surface area contributed by atoms with Crippen LogP contribution >= 0.6 is 0 Å². The molecule has 1 heterocycles. The Morgan fingerprint density at radius 3 is 2.56 bits per heavy atom. The van der Waals surface area contributed by atoms with Crippen LogP contribution in [0.1, 0.15) is 52.9 Å². The highest BCUT2D eigenvalue weighted by atomic mass is 15.2. The summed E-state index contributed by atoms with van der Waals surface area (Å²) in [4.78, 5) is 2.81. The fraction of sp³-hybridized carbons (Fsp3) is 1.00. The van der Waals surface area contributed by atoms with E-state index in [1.807, 2.05) is 0 Å². The van der Waals surface area contributed by atoms with Gasteiger partial charge in [-0.2, -0.15) is 0 Å². The summed E-state index contributed by atoms with van der Waals surface area (Å²) in [5.74, 6) is 2.55. The molecule has 104 valence electrons. The molecular weight excluding hydrogens is 220 g/mol. The minimum Gasteiger partial charge on any atom is -0.327 e. The first-order chi connectivity index (χ1) is 8.48. The predicted octanol–water partition coefficient (Wildman–Crippen LogP) is 2.87. The minimum absolute atomic E-state index is 0.416. The van der Waals surface area contributed by atoms with E-state index in [4.69, 9.17) is 5.73 Å². The minimum atomic E-state index is 0.416. The summed E-state index contributed by atoms with van der Waals surface area (Å²) in [7, 11) is 0. The van der Waals surface area contributed by atoms with Crippen LogP contribution in [0.3, 0.4) is 0 Å². The standard InChI is InChI=1S/C16H30N2/c1-11-15(17)7-5-13(16(11,2)3)10-18-9-12-4-6-14(18)8-12/h11-15H,4-10,17H2,1-3H3. The summed E-state index contributed by atoms with van der Waals surface area (Å²) >= 11 is 0. The highest BCUT2D eigenvalue weighted by molar-refractivity contribution is 4.98. The number of likely N-dealkylation sites (tertiary alicyclic amines) is 1. The number of hydrogen-bond donors (Lipinski definition) is 1. The van der Waals surface area contributed by atoms with Crippen molar-refractivity contribution in [2.24, 2.45) is 28.9 Å². The Hall–Kier alpha value is -0.0800. The van der Waals surface area contributed by atoms with Crippen LogP contribution in [0.2, 0.25) is 0 Å². The Labute approximate surface area is 112 Å². The van der Waals surface area contributed by atoms with E-state index in [2.05, 4.69) is 25.7 Å². The number of rotatable bonds is 2. The van der Waals surface area contributed by atoms with Gasteiger partial charge in [-0.25, -0.2) is 0 Å². The predicted molar refractivity (Wildman–Crippen MR) is 76.3 cm³/mol. The molecule has 3 aliphatic rings. The zero-order chi connectivity index (χ0) is 12.9. The summed E-state index contributed by atoms with van der Waals surface area (Å²) in [5.41, 5.74) is 6.69. The second-order valence-corrected chi connectivity index (χ2v) is 7.83. The fourth-order valence-electron chi connectivity index (χ4n) is 4.80. The van der Waals surface area contributed by atoms with Gasteiger partial charge in [0, 0.05) is 25.2 Å². The molecule has 3 fully saturated rings. The lowest BCUT2D eigenvalue weighted by atomic mass is 9.61. The Morgan fingerprint density at radius 2 is 1.94 bits per heavy atom. The molecule has 2 heteroatoms. The molecule has 18 heavy (non-hydrogen) atoms. The summed E-state index contributed by atoms with van der Waals surface area (Å²) in [5, 5.41) is 0. The molecule has 1 aliphatic heterocycles. The maximum absolute atomic E-state index is 6.27. The van der Waals surface area contributed by atoms with Gasteiger partial charge in [0.15, 0.2) is 0 Å². The van der Waals surface area contributed by atoms with E-state index >= 15 is 0 Å². The van der Waals surface area contributed by atoms with Crippen molar-refractivity contribution in [3.63, 3.8) is 0 Å². The van der Waals surface area contributed by atoms with Gasteiger partial charge >= 0.3 is 0 Å². The first kappa shape index (κ1) is 12.9. The van der Waals surface area contributed by atoms with Crippen LogP contribution in [-0.4, -0.2) is 30.1 Å². The Morgan fingerprint density at radius 1 is 1.17 bits per heavy atom. The molecule has 2 aliphatic carbocycles. The highest BCUT2D eigenvalue weighted by Gasteiger charge is 2.45. The van der Waals surface area contributed by atoms with Crippen LogP contribution in [0, 0.1) is 23.2 Å². The van der Waals surface area contributed by atoms with Crippen LogP contribution < -0.4 is 5.73 Å². The molecule has 0 spiro atoms. The molecular formula is C16H30N2. The molecule has 2 bridgehead atoms. The topological polar surface area (TPSA) is 29.3 Å². The van der Waals surface area contributed by atoms with Crippen LogP contribution in [-0.2, 0) is 0 Å². The molecule has 0 aromatic carbocycles. The lowest BCUT2D eigenvalue weighted by molar-refractivity contribution is 0.0218. The van der Waals surface area contributed by atoms with E-state index in [-0.39, 0.29) is 0 Å². The van der Waals surface area contributed by atoms with Crippen molar-refractivity contribution in [1.29, 1.82) is 0 Å². The molecule has 0 amide bonds. The lowest BCUT2D eigenvalue weighted by Crippen LogP contribution is -2.50. The van der Waals surface area contributed by atoms with Gasteiger partial charge in [0.05, 0.1) is 0 Å². The highest BCUT2D eigenvalue weighted by Crippen LogP contribution is 2.46. The average molecular weight is 250 g/mol. The average Bonchev–Trinajstić information content (AvgIpc) is 2.92. The monoisotopic (exact) mass is 250 g/mol. The number of nitrogens with zero attached hydrogens (tertiary/aromatic N) is 1. The fourth-order valence-corrected chi connectivity index (χ4v) is 4.80. The molecule has 0 aromatic heterocycles. The Kier molecular flexibility index (Phi) is 3.22. The maximum Gasteiger partial charge on any atom is 0.00987 e. The van der Waals surface area contributed by atoms with Gasteiger partial charge < -0.3 is 5.73 Å². The molecule has 0 radical (unpaired) electrons. The van der Waals surface area contributed by atoms with Gasteiger partial charge in [0.1, 0.15) is 0 Å². The smallest absolute Gasteiger partial charge is 0.00987 e. The van der Waals surface area contributed by atoms with E-state index < -0.39 is 0 Å². The van der Waals surface area contributed by atoms with Crippen LogP contribution in [0.25, 0.3) is 0 Å². The largest absolute Gasteiger partial charge is 0.327 e. The van der Waals surface area contributed by atoms with Crippen molar-refractivity contribution in [3.8, 4) is 0 Å². The zero-order valence-electron chi connectivity index (χ0n) is 12.4. The first-order valence-corrected chi connectivity index (χ1v) is 7.98.